The number of allylic oxidation sites excluding steroid dienone is 8. The molecule has 0 unspecified atom stereocenters. The SMILES string of the molecule is C/C=C\C=C(/C)c1nc(/C(C)=C/C=C\C)nc(-c2ccc(F)c(Br)c2)n1. The van der Waals surface area contributed by atoms with Gasteiger partial charge in [0, 0.05) is 5.56 Å². The van der Waals surface area contributed by atoms with Gasteiger partial charge in [0.15, 0.2) is 17.5 Å². The van der Waals surface area contributed by atoms with Gasteiger partial charge in [0.05, 0.1) is 4.47 Å². The van der Waals surface area contributed by atoms with Crippen molar-refractivity contribution in [2.75, 3.05) is 0 Å². The Morgan fingerprint density at radius 3 is 1.92 bits per heavy atom. The Morgan fingerprint density at radius 1 is 0.923 bits per heavy atom. The third-order valence-corrected chi connectivity index (χ3v) is 4.20. The van der Waals surface area contributed by atoms with Crippen molar-refractivity contribution in [3.63, 3.8) is 0 Å². The van der Waals surface area contributed by atoms with Gasteiger partial charge in [-0.05, 0) is 73.0 Å². The quantitative estimate of drug-likeness (QED) is 0.532. The average Bonchev–Trinajstić information content (AvgIpc) is 2.65. The number of hydrogen-bond donors (Lipinski definition) is 0. The van der Waals surface area contributed by atoms with Crippen molar-refractivity contribution in [1.82, 2.24) is 15.0 Å². The number of nitrogens with zero attached hydrogens (tertiary/aromatic N) is 3. The smallest absolute Gasteiger partial charge is 0.164 e. The summed E-state index contributed by atoms with van der Waals surface area (Å²) in [6, 6.07) is 4.74. The second-order valence-corrected chi connectivity index (χ2v) is 6.54. The normalized spacial score (nSPS) is 13.2. The molecule has 134 valence electrons. The Morgan fingerprint density at radius 2 is 1.46 bits per heavy atom. The van der Waals surface area contributed by atoms with Crippen LogP contribution in [0, 0.1) is 5.82 Å². The summed E-state index contributed by atoms with van der Waals surface area (Å²) in [4.78, 5) is 13.7. The lowest BCUT2D eigenvalue weighted by Crippen LogP contribution is -2.03. The summed E-state index contributed by atoms with van der Waals surface area (Å²) in [6.45, 7) is 7.81. The first-order valence-corrected chi connectivity index (χ1v) is 9.07. The van der Waals surface area contributed by atoms with Crippen molar-refractivity contribution >= 4 is 27.1 Å². The van der Waals surface area contributed by atoms with Crippen molar-refractivity contribution in [2.24, 2.45) is 0 Å². The predicted molar refractivity (Wildman–Crippen MR) is 110 cm³/mol. The van der Waals surface area contributed by atoms with Crippen LogP contribution in [0.15, 0.2) is 59.1 Å². The maximum Gasteiger partial charge on any atom is 0.164 e. The van der Waals surface area contributed by atoms with Crippen molar-refractivity contribution < 1.29 is 4.39 Å². The highest BCUT2D eigenvalue weighted by Crippen LogP contribution is 2.25. The molecule has 1 aromatic carbocycles. The van der Waals surface area contributed by atoms with Crippen LogP contribution in [-0.4, -0.2) is 15.0 Å². The standard InChI is InChI=1S/C21H21BrFN3/c1-5-7-9-14(3)19-24-20(15(4)10-8-6-2)26-21(25-19)16-11-12-18(23)17(22)13-16/h5-13H,1-4H3/b7-5-,8-6-,14-9+,15-10+. The predicted octanol–water partition coefficient (Wildman–Crippen LogP) is 6.40. The molecule has 0 aliphatic carbocycles. The zero-order valence-corrected chi connectivity index (χ0v) is 16.9. The molecule has 0 fully saturated rings. The molecule has 3 nitrogen and oxygen atoms in total. The van der Waals surface area contributed by atoms with Gasteiger partial charge in [-0.2, -0.15) is 0 Å². The largest absolute Gasteiger partial charge is 0.209 e. The first kappa shape index (κ1) is 19.9. The molecule has 0 spiro atoms. The Balaban J connectivity index is 2.65. The highest BCUT2D eigenvalue weighted by molar-refractivity contribution is 9.10. The molecule has 1 aromatic heterocycles. The average molecular weight is 414 g/mol. The van der Waals surface area contributed by atoms with E-state index in [4.69, 9.17) is 0 Å². The molecular formula is C21H21BrFN3. The van der Waals surface area contributed by atoms with E-state index in [9.17, 15) is 4.39 Å². The van der Waals surface area contributed by atoms with Crippen LogP contribution in [0.3, 0.4) is 0 Å². The first-order valence-electron chi connectivity index (χ1n) is 8.27. The van der Waals surface area contributed by atoms with Gasteiger partial charge in [-0.1, -0.05) is 36.5 Å². The number of aromatic nitrogens is 3. The van der Waals surface area contributed by atoms with Gasteiger partial charge in [-0.15, -0.1) is 0 Å². The summed E-state index contributed by atoms with van der Waals surface area (Å²) in [5.74, 6) is 1.37. The van der Waals surface area contributed by atoms with Gasteiger partial charge in [0.1, 0.15) is 5.82 Å². The minimum atomic E-state index is -0.323. The summed E-state index contributed by atoms with van der Waals surface area (Å²) in [5.41, 5.74) is 2.57. The minimum absolute atomic E-state index is 0.323. The van der Waals surface area contributed by atoms with E-state index in [1.54, 1.807) is 12.1 Å². The van der Waals surface area contributed by atoms with Crippen LogP contribution in [0.4, 0.5) is 4.39 Å². The highest BCUT2D eigenvalue weighted by atomic mass is 79.9. The van der Waals surface area contributed by atoms with Gasteiger partial charge in [-0.3, -0.25) is 0 Å². The fourth-order valence-corrected chi connectivity index (χ4v) is 2.50. The molecule has 2 aromatic rings. The van der Waals surface area contributed by atoms with Crippen molar-refractivity contribution in [2.45, 2.75) is 27.7 Å². The lowest BCUT2D eigenvalue weighted by Gasteiger charge is -2.08. The van der Waals surface area contributed by atoms with E-state index in [2.05, 4.69) is 30.9 Å². The number of halogens is 2. The van der Waals surface area contributed by atoms with E-state index in [-0.39, 0.29) is 5.82 Å². The van der Waals surface area contributed by atoms with Crippen molar-refractivity contribution in [3.8, 4) is 11.4 Å². The highest BCUT2D eigenvalue weighted by Gasteiger charge is 2.12. The van der Waals surface area contributed by atoms with Gasteiger partial charge < -0.3 is 0 Å². The third-order valence-electron chi connectivity index (χ3n) is 3.60. The molecule has 0 saturated carbocycles. The van der Waals surface area contributed by atoms with Crippen molar-refractivity contribution in [3.05, 3.63) is 76.6 Å². The van der Waals surface area contributed by atoms with Crippen LogP contribution >= 0.6 is 15.9 Å². The maximum absolute atomic E-state index is 13.6. The number of hydrogen-bond acceptors (Lipinski definition) is 3. The van der Waals surface area contributed by atoms with Gasteiger partial charge in [0.25, 0.3) is 0 Å². The summed E-state index contributed by atoms with van der Waals surface area (Å²) in [6.07, 6.45) is 11.7. The molecule has 0 atom stereocenters. The summed E-state index contributed by atoms with van der Waals surface area (Å²) >= 11 is 3.22. The van der Waals surface area contributed by atoms with E-state index in [1.807, 2.05) is 64.2 Å². The summed E-state index contributed by atoms with van der Waals surface area (Å²) in [5, 5.41) is 0. The van der Waals surface area contributed by atoms with Crippen molar-refractivity contribution in [1.29, 1.82) is 0 Å². The molecule has 1 heterocycles. The fourth-order valence-electron chi connectivity index (χ4n) is 2.12. The zero-order chi connectivity index (χ0) is 19.1. The van der Waals surface area contributed by atoms with Crippen LogP contribution in [-0.2, 0) is 0 Å². The van der Waals surface area contributed by atoms with E-state index in [1.165, 1.54) is 6.07 Å². The third kappa shape index (κ3) is 5.05. The fraction of sp³-hybridized carbons (Fsp3) is 0.190. The molecule has 0 aliphatic rings. The number of rotatable bonds is 5. The summed E-state index contributed by atoms with van der Waals surface area (Å²) in [7, 11) is 0. The molecule has 0 aliphatic heterocycles. The molecule has 0 saturated heterocycles. The second kappa shape index (κ2) is 9.34. The molecule has 0 N–H and O–H groups in total. The van der Waals surface area contributed by atoms with Crippen LogP contribution in [0.2, 0.25) is 0 Å². The summed E-state index contributed by atoms with van der Waals surface area (Å²) < 4.78 is 14.0. The molecular weight excluding hydrogens is 393 g/mol. The molecule has 26 heavy (non-hydrogen) atoms. The molecule has 0 bridgehead atoms. The van der Waals surface area contributed by atoms with E-state index >= 15 is 0 Å². The van der Waals surface area contributed by atoms with E-state index in [0.717, 1.165) is 16.7 Å². The van der Waals surface area contributed by atoms with Crippen LogP contribution in [0.25, 0.3) is 22.5 Å². The Hall–Kier alpha value is -2.40. The van der Waals surface area contributed by atoms with Crippen LogP contribution in [0.5, 0.6) is 0 Å². The zero-order valence-electron chi connectivity index (χ0n) is 15.3. The Labute approximate surface area is 162 Å². The Kier molecular flexibility index (Phi) is 7.16. The maximum atomic E-state index is 13.6. The van der Waals surface area contributed by atoms with Gasteiger partial charge >= 0.3 is 0 Å². The lowest BCUT2D eigenvalue weighted by molar-refractivity contribution is 0.621. The van der Waals surface area contributed by atoms with Gasteiger partial charge in [-0.25, -0.2) is 19.3 Å². The molecule has 2 rings (SSSR count). The monoisotopic (exact) mass is 413 g/mol. The van der Waals surface area contributed by atoms with Crippen LogP contribution < -0.4 is 0 Å². The minimum Gasteiger partial charge on any atom is -0.209 e. The molecule has 5 heteroatoms. The molecule has 0 amide bonds. The second-order valence-electron chi connectivity index (χ2n) is 5.69. The topological polar surface area (TPSA) is 38.7 Å². The van der Waals surface area contributed by atoms with Gasteiger partial charge in [0.2, 0.25) is 0 Å². The van der Waals surface area contributed by atoms with Crippen LogP contribution in [0.1, 0.15) is 39.3 Å². The Bertz CT molecular complexity index is 865. The number of benzene rings is 1. The first-order chi connectivity index (χ1) is 12.5. The lowest BCUT2D eigenvalue weighted by atomic mass is 10.2. The van der Waals surface area contributed by atoms with E-state index in [0.29, 0.717) is 21.9 Å². The van der Waals surface area contributed by atoms with E-state index < -0.39 is 0 Å². The molecule has 0 radical (unpaired) electrons.